The smallest absolute Gasteiger partial charge is 0.251 e. The Bertz CT molecular complexity index is 813. The zero-order valence-electron chi connectivity index (χ0n) is 14.1. The van der Waals surface area contributed by atoms with Gasteiger partial charge in [0, 0.05) is 18.5 Å². The van der Waals surface area contributed by atoms with Crippen LogP contribution < -0.4 is 21.5 Å². The Morgan fingerprint density at radius 1 is 1.04 bits per heavy atom. The van der Waals surface area contributed by atoms with Crippen LogP contribution in [0.15, 0.2) is 48.5 Å². The van der Waals surface area contributed by atoms with Crippen LogP contribution in [0.4, 0.5) is 10.1 Å². The number of aryl methyl sites for hydroxylation is 1. The van der Waals surface area contributed by atoms with Gasteiger partial charge in [-0.15, -0.1) is 0 Å². The summed E-state index contributed by atoms with van der Waals surface area (Å²) in [5.74, 6) is -1.06. The Labute approximate surface area is 156 Å². The maximum Gasteiger partial charge on any atom is 0.251 e. The van der Waals surface area contributed by atoms with Crippen LogP contribution in [-0.2, 0) is 4.79 Å². The van der Waals surface area contributed by atoms with Crippen LogP contribution >= 0.6 is 12.2 Å². The Morgan fingerprint density at radius 2 is 1.73 bits per heavy atom. The standard InChI is InChI=1S/C18H19FN4O2S/c1-12-6-2-3-7-13(12)17(25)20-11-10-16(24)22-23-18(26)21-15-9-5-4-8-14(15)19/h2-9H,10-11H2,1H3,(H,20,25)(H,22,24)(H2,21,23,26). The third-order valence-electron chi connectivity index (χ3n) is 3.46. The van der Waals surface area contributed by atoms with Crippen LogP contribution in [0.5, 0.6) is 0 Å². The molecule has 0 aliphatic heterocycles. The molecule has 6 nitrogen and oxygen atoms in total. The van der Waals surface area contributed by atoms with Gasteiger partial charge in [0.15, 0.2) is 5.11 Å². The molecule has 0 aliphatic rings. The number of nitrogens with one attached hydrogen (secondary N) is 4. The number of hydrazine groups is 1. The van der Waals surface area contributed by atoms with Gasteiger partial charge >= 0.3 is 0 Å². The first-order valence-electron chi connectivity index (χ1n) is 7.91. The van der Waals surface area contributed by atoms with Gasteiger partial charge in [0.2, 0.25) is 5.91 Å². The first-order chi connectivity index (χ1) is 12.5. The first kappa shape index (κ1) is 19.3. The van der Waals surface area contributed by atoms with Gasteiger partial charge in [-0.2, -0.15) is 0 Å². The summed E-state index contributed by atoms with van der Waals surface area (Å²) in [6, 6.07) is 13.2. The molecule has 0 aromatic heterocycles. The number of thiocarbonyl (C=S) groups is 1. The van der Waals surface area contributed by atoms with E-state index in [0.717, 1.165) is 5.56 Å². The molecule has 0 radical (unpaired) electrons. The molecule has 0 saturated heterocycles. The van der Waals surface area contributed by atoms with Crippen molar-refractivity contribution < 1.29 is 14.0 Å². The second-order valence-electron chi connectivity index (χ2n) is 5.43. The van der Waals surface area contributed by atoms with E-state index in [1.807, 2.05) is 19.1 Å². The number of benzene rings is 2. The lowest BCUT2D eigenvalue weighted by Gasteiger charge is -2.12. The van der Waals surface area contributed by atoms with E-state index in [1.54, 1.807) is 24.3 Å². The summed E-state index contributed by atoms with van der Waals surface area (Å²) in [6.07, 6.45) is 0.0624. The summed E-state index contributed by atoms with van der Waals surface area (Å²) in [5, 5.41) is 5.36. The van der Waals surface area contributed by atoms with Gasteiger partial charge in [0.1, 0.15) is 5.82 Å². The Morgan fingerprint density at radius 3 is 2.46 bits per heavy atom. The molecule has 26 heavy (non-hydrogen) atoms. The summed E-state index contributed by atoms with van der Waals surface area (Å²) in [7, 11) is 0. The topological polar surface area (TPSA) is 82.3 Å². The molecule has 2 rings (SSSR count). The molecule has 0 bridgehead atoms. The largest absolute Gasteiger partial charge is 0.352 e. The molecule has 2 aromatic rings. The van der Waals surface area contributed by atoms with Crippen molar-refractivity contribution in [3.05, 3.63) is 65.5 Å². The lowest BCUT2D eigenvalue weighted by atomic mass is 10.1. The van der Waals surface area contributed by atoms with E-state index in [-0.39, 0.29) is 35.6 Å². The zero-order chi connectivity index (χ0) is 18.9. The fourth-order valence-electron chi connectivity index (χ4n) is 2.12. The number of hydrogen-bond donors (Lipinski definition) is 4. The molecule has 136 valence electrons. The van der Waals surface area contributed by atoms with Crippen molar-refractivity contribution in [1.29, 1.82) is 0 Å². The number of carbonyl (C=O) groups is 2. The molecule has 2 aromatic carbocycles. The van der Waals surface area contributed by atoms with E-state index in [4.69, 9.17) is 12.2 Å². The van der Waals surface area contributed by atoms with Gasteiger partial charge in [-0.3, -0.25) is 20.4 Å². The predicted octanol–water partition coefficient (Wildman–Crippen LogP) is 2.27. The number of amides is 2. The number of para-hydroxylation sites is 1. The highest BCUT2D eigenvalue weighted by atomic mass is 32.1. The van der Waals surface area contributed by atoms with Crippen LogP contribution in [0.1, 0.15) is 22.3 Å². The maximum atomic E-state index is 13.5. The van der Waals surface area contributed by atoms with Crippen molar-refractivity contribution in [3.63, 3.8) is 0 Å². The molecule has 4 N–H and O–H groups in total. The van der Waals surface area contributed by atoms with Gasteiger partial charge in [-0.05, 0) is 42.9 Å². The van der Waals surface area contributed by atoms with E-state index in [2.05, 4.69) is 21.5 Å². The number of hydrogen-bond acceptors (Lipinski definition) is 3. The Hall–Kier alpha value is -3.00. The molecular weight excluding hydrogens is 355 g/mol. The van der Waals surface area contributed by atoms with Crippen molar-refractivity contribution in [3.8, 4) is 0 Å². The number of anilines is 1. The van der Waals surface area contributed by atoms with Crippen molar-refractivity contribution in [1.82, 2.24) is 16.2 Å². The Balaban J connectivity index is 1.69. The summed E-state index contributed by atoms with van der Waals surface area (Å²) in [6.45, 7) is 2.02. The zero-order valence-corrected chi connectivity index (χ0v) is 15.0. The predicted molar refractivity (Wildman–Crippen MR) is 102 cm³/mol. The van der Waals surface area contributed by atoms with Crippen molar-refractivity contribution in [2.24, 2.45) is 0 Å². The third-order valence-corrected chi connectivity index (χ3v) is 3.67. The molecule has 8 heteroatoms. The molecule has 0 heterocycles. The van der Waals surface area contributed by atoms with Crippen LogP contribution in [0, 0.1) is 12.7 Å². The minimum Gasteiger partial charge on any atom is -0.352 e. The first-order valence-corrected chi connectivity index (χ1v) is 8.32. The SMILES string of the molecule is Cc1ccccc1C(=O)NCCC(=O)NNC(=S)Nc1ccccc1F. The van der Waals surface area contributed by atoms with E-state index in [1.165, 1.54) is 12.1 Å². The highest BCUT2D eigenvalue weighted by molar-refractivity contribution is 7.80. The van der Waals surface area contributed by atoms with Crippen LogP contribution in [0.2, 0.25) is 0 Å². The second kappa shape index (κ2) is 9.47. The fraction of sp³-hybridized carbons (Fsp3) is 0.167. The van der Waals surface area contributed by atoms with Crippen molar-refractivity contribution >= 4 is 34.8 Å². The van der Waals surface area contributed by atoms with Gasteiger partial charge in [-0.25, -0.2) is 4.39 Å². The summed E-state index contributed by atoms with van der Waals surface area (Å²) >= 11 is 4.97. The van der Waals surface area contributed by atoms with Gasteiger partial charge in [0.05, 0.1) is 5.69 Å². The number of carbonyl (C=O) groups excluding carboxylic acids is 2. The monoisotopic (exact) mass is 374 g/mol. The lowest BCUT2D eigenvalue weighted by molar-refractivity contribution is -0.121. The van der Waals surface area contributed by atoms with E-state index >= 15 is 0 Å². The van der Waals surface area contributed by atoms with Gasteiger partial charge < -0.3 is 10.6 Å². The minimum absolute atomic E-state index is 0.0485. The highest BCUT2D eigenvalue weighted by Gasteiger charge is 2.09. The van der Waals surface area contributed by atoms with Gasteiger partial charge in [0.25, 0.3) is 5.91 Å². The fourth-order valence-corrected chi connectivity index (χ4v) is 2.28. The van der Waals surface area contributed by atoms with Gasteiger partial charge in [-0.1, -0.05) is 30.3 Å². The molecule has 0 aliphatic carbocycles. The van der Waals surface area contributed by atoms with E-state index < -0.39 is 5.82 Å². The lowest BCUT2D eigenvalue weighted by Crippen LogP contribution is -2.44. The quantitative estimate of drug-likeness (QED) is 0.477. The summed E-state index contributed by atoms with van der Waals surface area (Å²) < 4.78 is 13.5. The molecule has 0 saturated carbocycles. The van der Waals surface area contributed by atoms with E-state index in [9.17, 15) is 14.0 Å². The minimum atomic E-state index is -0.457. The molecule has 2 amide bonds. The van der Waals surface area contributed by atoms with Crippen molar-refractivity contribution in [2.45, 2.75) is 13.3 Å². The van der Waals surface area contributed by atoms with Crippen LogP contribution in [-0.4, -0.2) is 23.5 Å². The third kappa shape index (κ3) is 5.82. The average Bonchev–Trinajstić information content (AvgIpc) is 2.62. The summed E-state index contributed by atoms with van der Waals surface area (Å²) in [4.78, 5) is 23.8. The maximum absolute atomic E-state index is 13.5. The molecule has 0 spiro atoms. The normalized spacial score (nSPS) is 9.92. The van der Waals surface area contributed by atoms with Crippen LogP contribution in [0.3, 0.4) is 0 Å². The number of halogens is 1. The average molecular weight is 374 g/mol. The van der Waals surface area contributed by atoms with Crippen LogP contribution in [0.25, 0.3) is 0 Å². The van der Waals surface area contributed by atoms with Crippen molar-refractivity contribution in [2.75, 3.05) is 11.9 Å². The molecule has 0 fully saturated rings. The van der Waals surface area contributed by atoms with E-state index in [0.29, 0.717) is 5.56 Å². The molecule has 0 unspecified atom stereocenters. The highest BCUT2D eigenvalue weighted by Crippen LogP contribution is 2.11. The molecular formula is C18H19FN4O2S. The Kier molecular flexibility index (Phi) is 7.04. The molecule has 0 atom stereocenters. The second-order valence-corrected chi connectivity index (χ2v) is 5.84. The number of rotatable bonds is 5. The summed E-state index contributed by atoms with van der Waals surface area (Å²) in [5.41, 5.74) is 6.49.